The molecule has 3 rings (SSSR count). The number of carbonyl (C=O) groups excluding carboxylic acids is 3. The fourth-order valence-corrected chi connectivity index (χ4v) is 4.10. The number of nitrogens with zero attached hydrogens (tertiary/aromatic N) is 3. The average Bonchev–Trinajstić information content (AvgIpc) is 3.27. The highest BCUT2D eigenvalue weighted by Gasteiger charge is 2.40. The van der Waals surface area contributed by atoms with E-state index in [1.165, 1.54) is 12.1 Å². The van der Waals surface area contributed by atoms with E-state index in [4.69, 9.17) is 0 Å². The summed E-state index contributed by atoms with van der Waals surface area (Å²) in [5.74, 6) is -3.45. The van der Waals surface area contributed by atoms with Crippen LogP contribution >= 0.6 is 0 Å². The molecule has 0 saturated carbocycles. The first-order valence-corrected chi connectivity index (χ1v) is 11.4. The van der Waals surface area contributed by atoms with Crippen molar-refractivity contribution in [2.24, 2.45) is 11.8 Å². The number of likely N-dealkylation sites (tertiary alicyclic amines) is 1. The highest BCUT2D eigenvalue weighted by Crippen LogP contribution is 2.31. The number of aromatic nitrogens is 2. The number of carbonyl (C=O) groups is 3. The molecule has 0 aliphatic carbocycles. The molecule has 0 spiro atoms. The number of rotatable bonds is 7. The van der Waals surface area contributed by atoms with Crippen molar-refractivity contribution < 1.29 is 40.7 Å². The zero-order valence-electron chi connectivity index (χ0n) is 19.7. The smallest absolute Gasteiger partial charge is 0.354 e. The van der Waals surface area contributed by atoms with Crippen LogP contribution in [0, 0.1) is 11.8 Å². The van der Waals surface area contributed by atoms with E-state index in [2.05, 4.69) is 15.7 Å². The van der Waals surface area contributed by atoms with Crippen LogP contribution < -0.4 is 10.6 Å². The summed E-state index contributed by atoms with van der Waals surface area (Å²) in [6, 6.07) is 7.96. The first-order valence-electron chi connectivity index (χ1n) is 11.4. The summed E-state index contributed by atoms with van der Waals surface area (Å²) >= 11 is 0. The van der Waals surface area contributed by atoms with Crippen LogP contribution in [0.1, 0.15) is 35.8 Å². The molecule has 2 aromatic rings. The lowest BCUT2D eigenvalue weighted by Gasteiger charge is -2.36. The van der Waals surface area contributed by atoms with Gasteiger partial charge in [0.1, 0.15) is 6.42 Å². The Labute approximate surface area is 208 Å². The van der Waals surface area contributed by atoms with Gasteiger partial charge in [-0.05, 0) is 24.5 Å². The standard InChI is InChI=1S/C23H25F6N5O3/c1-14-12-33(18(35)11-22(24,25)26)10-7-16(14)20(36)30-8-9-31-21(37)17-13-34(15-5-3-2-4-6-15)32-19(17)23(27,28)29/h2-6,13-14,16H,7-12H2,1H3,(H,30,36)(H,31,37). The Morgan fingerprint density at radius 3 is 2.27 bits per heavy atom. The van der Waals surface area contributed by atoms with Gasteiger partial charge < -0.3 is 15.5 Å². The Balaban J connectivity index is 1.52. The Kier molecular flexibility index (Phi) is 8.49. The summed E-state index contributed by atoms with van der Waals surface area (Å²) in [6.07, 6.45) is -9.90. The van der Waals surface area contributed by atoms with E-state index in [1.807, 2.05) is 0 Å². The topological polar surface area (TPSA) is 96.3 Å². The Morgan fingerprint density at radius 2 is 1.68 bits per heavy atom. The minimum atomic E-state index is -4.87. The number of halogens is 6. The van der Waals surface area contributed by atoms with E-state index >= 15 is 0 Å². The maximum Gasteiger partial charge on any atom is 0.435 e. The van der Waals surface area contributed by atoms with Crippen LogP contribution in [0.25, 0.3) is 5.69 Å². The lowest BCUT2D eigenvalue weighted by Crippen LogP contribution is -2.49. The molecule has 37 heavy (non-hydrogen) atoms. The predicted molar refractivity (Wildman–Crippen MR) is 118 cm³/mol. The second kappa shape index (κ2) is 11.2. The fraction of sp³-hybridized carbons (Fsp3) is 0.478. The molecule has 2 N–H and O–H groups in total. The Hall–Kier alpha value is -3.58. The SMILES string of the molecule is CC1CN(C(=O)CC(F)(F)F)CCC1C(=O)NCCNC(=O)c1cn(-c2ccccc2)nc1C(F)(F)F. The molecule has 3 amide bonds. The first-order chi connectivity index (χ1) is 17.3. The largest absolute Gasteiger partial charge is 0.435 e. The molecule has 1 aromatic carbocycles. The quantitative estimate of drug-likeness (QED) is 0.422. The monoisotopic (exact) mass is 533 g/mol. The van der Waals surface area contributed by atoms with Crippen LogP contribution in [0.15, 0.2) is 36.5 Å². The molecule has 1 aliphatic heterocycles. The minimum absolute atomic E-state index is 0.000299. The summed E-state index contributed by atoms with van der Waals surface area (Å²) in [4.78, 5) is 37.8. The summed E-state index contributed by atoms with van der Waals surface area (Å²) < 4.78 is 78.6. The fourth-order valence-electron chi connectivity index (χ4n) is 4.10. The summed E-state index contributed by atoms with van der Waals surface area (Å²) in [6.45, 7) is 1.38. The molecule has 1 saturated heterocycles. The van der Waals surface area contributed by atoms with Crippen molar-refractivity contribution in [2.75, 3.05) is 26.2 Å². The third-order valence-electron chi connectivity index (χ3n) is 5.90. The predicted octanol–water partition coefficient (Wildman–Crippen LogP) is 3.17. The third kappa shape index (κ3) is 7.46. The van der Waals surface area contributed by atoms with Crippen LogP contribution in [0.4, 0.5) is 26.3 Å². The van der Waals surface area contributed by atoms with E-state index in [0.717, 1.165) is 15.8 Å². The third-order valence-corrected chi connectivity index (χ3v) is 5.90. The molecule has 2 heterocycles. The molecule has 0 bridgehead atoms. The van der Waals surface area contributed by atoms with Crippen molar-refractivity contribution in [3.05, 3.63) is 47.8 Å². The van der Waals surface area contributed by atoms with Crippen LogP contribution in [0.3, 0.4) is 0 Å². The van der Waals surface area contributed by atoms with E-state index in [0.29, 0.717) is 5.69 Å². The first kappa shape index (κ1) is 28.0. The molecule has 2 unspecified atom stereocenters. The molecular formula is C23H25F6N5O3. The van der Waals surface area contributed by atoms with Gasteiger partial charge in [-0.15, -0.1) is 0 Å². The van der Waals surface area contributed by atoms with E-state index in [1.54, 1.807) is 25.1 Å². The van der Waals surface area contributed by atoms with Crippen LogP contribution in [-0.4, -0.2) is 64.8 Å². The zero-order chi connectivity index (χ0) is 27.4. The Bertz CT molecular complexity index is 1120. The number of benzene rings is 1. The summed E-state index contributed by atoms with van der Waals surface area (Å²) in [5, 5.41) is 8.40. The van der Waals surface area contributed by atoms with Crippen molar-refractivity contribution in [2.45, 2.75) is 32.1 Å². The molecule has 2 atom stereocenters. The molecule has 14 heteroatoms. The highest BCUT2D eigenvalue weighted by molar-refractivity contribution is 5.95. The van der Waals surface area contributed by atoms with Gasteiger partial charge in [0.25, 0.3) is 5.91 Å². The molecule has 8 nitrogen and oxygen atoms in total. The number of hydrogen-bond donors (Lipinski definition) is 2. The van der Waals surface area contributed by atoms with Crippen molar-refractivity contribution in [3.63, 3.8) is 0 Å². The number of para-hydroxylation sites is 1. The zero-order valence-corrected chi connectivity index (χ0v) is 19.7. The normalized spacial score (nSPS) is 18.4. The number of nitrogens with one attached hydrogen (secondary N) is 2. The molecule has 0 radical (unpaired) electrons. The van der Waals surface area contributed by atoms with E-state index in [-0.39, 0.29) is 32.6 Å². The second-order valence-corrected chi connectivity index (χ2v) is 8.72. The minimum Gasteiger partial charge on any atom is -0.354 e. The van der Waals surface area contributed by atoms with Crippen molar-refractivity contribution in [1.82, 2.24) is 25.3 Å². The van der Waals surface area contributed by atoms with Gasteiger partial charge in [0.2, 0.25) is 11.8 Å². The number of alkyl halides is 6. The lowest BCUT2D eigenvalue weighted by molar-refractivity contribution is -0.163. The van der Waals surface area contributed by atoms with Crippen molar-refractivity contribution in [3.8, 4) is 5.69 Å². The maximum atomic E-state index is 13.4. The number of piperidine rings is 1. The second-order valence-electron chi connectivity index (χ2n) is 8.72. The van der Waals surface area contributed by atoms with Gasteiger partial charge in [0.15, 0.2) is 5.69 Å². The van der Waals surface area contributed by atoms with Crippen LogP contribution in [0.2, 0.25) is 0 Å². The van der Waals surface area contributed by atoms with Gasteiger partial charge >= 0.3 is 12.4 Å². The van der Waals surface area contributed by atoms with E-state index in [9.17, 15) is 40.7 Å². The van der Waals surface area contributed by atoms with Gasteiger partial charge in [-0.2, -0.15) is 31.4 Å². The van der Waals surface area contributed by atoms with Crippen LogP contribution in [0.5, 0.6) is 0 Å². The molecule has 1 aromatic heterocycles. The van der Waals surface area contributed by atoms with Gasteiger partial charge in [-0.3, -0.25) is 14.4 Å². The van der Waals surface area contributed by atoms with Gasteiger partial charge in [0.05, 0.1) is 11.3 Å². The van der Waals surface area contributed by atoms with Crippen molar-refractivity contribution in [1.29, 1.82) is 0 Å². The summed E-state index contributed by atoms with van der Waals surface area (Å²) in [5.41, 5.74) is -1.69. The van der Waals surface area contributed by atoms with E-state index < -0.39 is 59.6 Å². The van der Waals surface area contributed by atoms with Crippen molar-refractivity contribution >= 4 is 17.7 Å². The molecule has 202 valence electrons. The lowest BCUT2D eigenvalue weighted by atomic mass is 9.86. The summed E-state index contributed by atoms with van der Waals surface area (Å²) in [7, 11) is 0. The van der Waals surface area contributed by atoms with Crippen LogP contribution in [-0.2, 0) is 15.8 Å². The average molecular weight is 533 g/mol. The molecular weight excluding hydrogens is 508 g/mol. The number of amides is 3. The van der Waals surface area contributed by atoms with Gasteiger partial charge in [-0.25, -0.2) is 4.68 Å². The molecule has 1 aliphatic rings. The maximum absolute atomic E-state index is 13.4. The van der Waals surface area contributed by atoms with Gasteiger partial charge in [-0.1, -0.05) is 25.1 Å². The number of hydrogen-bond acceptors (Lipinski definition) is 4. The highest BCUT2D eigenvalue weighted by atomic mass is 19.4. The molecule has 1 fully saturated rings. The Morgan fingerprint density at radius 1 is 1.03 bits per heavy atom. The van der Waals surface area contributed by atoms with Gasteiger partial charge in [0, 0.05) is 38.3 Å².